The first-order valence-electron chi connectivity index (χ1n) is 6.91. The van der Waals surface area contributed by atoms with Gasteiger partial charge in [-0.3, -0.25) is 4.79 Å². The molecule has 0 spiro atoms. The van der Waals surface area contributed by atoms with Crippen molar-refractivity contribution >= 4 is 23.6 Å². The SMILES string of the molecule is CSc1ccc(C(=O)OCC(=O)NCc2ccc(F)cc2)cc1. The van der Waals surface area contributed by atoms with Crippen LogP contribution in [0.15, 0.2) is 53.4 Å². The Balaban J connectivity index is 1.76. The third-order valence-electron chi connectivity index (χ3n) is 3.06. The molecule has 4 nitrogen and oxygen atoms in total. The van der Waals surface area contributed by atoms with E-state index < -0.39 is 11.9 Å². The van der Waals surface area contributed by atoms with E-state index in [1.165, 1.54) is 12.1 Å². The number of carbonyl (C=O) groups is 2. The van der Waals surface area contributed by atoms with Crippen LogP contribution in [0.2, 0.25) is 0 Å². The van der Waals surface area contributed by atoms with Gasteiger partial charge in [-0.25, -0.2) is 9.18 Å². The van der Waals surface area contributed by atoms with E-state index in [0.717, 1.165) is 10.5 Å². The molecule has 1 amide bonds. The van der Waals surface area contributed by atoms with E-state index in [-0.39, 0.29) is 19.0 Å². The first-order valence-corrected chi connectivity index (χ1v) is 8.13. The number of benzene rings is 2. The quantitative estimate of drug-likeness (QED) is 0.652. The molecule has 2 rings (SSSR count). The Morgan fingerprint density at radius 2 is 1.74 bits per heavy atom. The average molecular weight is 333 g/mol. The maximum absolute atomic E-state index is 12.8. The largest absolute Gasteiger partial charge is 0.452 e. The number of thioether (sulfide) groups is 1. The van der Waals surface area contributed by atoms with Gasteiger partial charge in [0.15, 0.2) is 6.61 Å². The van der Waals surface area contributed by atoms with Gasteiger partial charge in [0, 0.05) is 11.4 Å². The zero-order valence-corrected chi connectivity index (χ0v) is 13.4. The fraction of sp³-hybridized carbons (Fsp3) is 0.176. The van der Waals surface area contributed by atoms with Crippen LogP contribution in [0.4, 0.5) is 4.39 Å². The molecule has 1 N–H and O–H groups in total. The van der Waals surface area contributed by atoms with E-state index >= 15 is 0 Å². The topological polar surface area (TPSA) is 55.4 Å². The Morgan fingerprint density at radius 3 is 2.35 bits per heavy atom. The predicted molar refractivity (Wildman–Crippen MR) is 86.8 cm³/mol. The Bertz CT molecular complexity index is 671. The van der Waals surface area contributed by atoms with Gasteiger partial charge in [0.05, 0.1) is 5.56 Å². The lowest BCUT2D eigenvalue weighted by atomic mass is 10.2. The smallest absolute Gasteiger partial charge is 0.338 e. The lowest BCUT2D eigenvalue weighted by Crippen LogP contribution is -2.28. The molecule has 0 aliphatic heterocycles. The molecule has 0 radical (unpaired) electrons. The van der Waals surface area contributed by atoms with Crippen molar-refractivity contribution in [3.05, 3.63) is 65.5 Å². The third-order valence-corrected chi connectivity index (χ3v) is 3.81. The molecule has 0 aromatic heterocycles. The molecule has 0 aliphatic rings. The average Bonchev–Trinajstić information content (AvgIpc) is 2.59. The molecule has 2 aromatic rings. The van der Waals surface area contributed by atoms with Crippen molar-refractivity contribution in [3.8, 4) is 0 Å². The first kappa shape index (κ1) is 17.0. The van der Waals surface area contributed by atoms with Crippen LogP contribution in [0.3, 0.4) is 0 Å². The van der Waals surface area contributed by atoms with Gasteiger partial charge in [-0.2, -0.15) is 0 Å². The number of rotatable bonds is 6. The van der Waals surface area contributed by atoms with Crippen molar-refractivity contribution in [2.24, 2.45) is 0 Å². The van der Waals surface area contributed by atoms with Crippen molar-refractivity contribution in [2.75, 3.05) is 12.9 Å². The highest BCUT2D eigenvalue weighted by Crippen LogP contribution is 2.15. The zero-order valence-electron chi connectivity index (χ0n) is 12.5. The number of halogens is 1. The molecule has 120 valence electrons. The molecule has 0 aliphatic carbocycles. The highest BCUT2D eigenvalue weighted by molar-refractivity contribution is 7.98. The summed E-state index contributed by atoms with van der Waals surface area (Å²) < 4.78 is 17.7. The Hall–Kier alpha value is -2.34. The normalized spacial score (nSPS) is 10.2. The molecule has 6 heteroatoms. The van der Waals surface area contributed by atoms with Crippen LogP contribution in [0.1, 0.15) is 15.9 Å². The van der Waals surface area contributed by atoms with Gasteiger partial charge in [-0.15, -0.1) is 11.8 Å². The Morgan fingerprint density at radius 1 is 1.09 bits per heavy atom. The van der Waals surface area contributed by atoms with Gasteiger partial charge in [-0.05, 0) is 48.2 Å². The summed E-state index contributed by atoms with van der Waals surface area (Å²) in [6, 6.07) is 12.7. The molecular formula is C17H16FNO3S. The Kier molecular flexibility index (Phi) is 6.17. The van der Waals surface area contributed by atoms with E-state index in [9.17, 15) is 14.0 Å². The van der Waals surface area contributed by atoms with E-state index in [1.54, 1.807) is 36.0 Å². The minimum absolute atomic E-state index is 0.249. The molecule has 0 atom stereocenters. The van der Waals surface area contributed by atoms with Crippen LogP contribution in [0.5, 0.6) is 0 Å². The molecule has 23 heavy (non-hydrogen) atoms. The summed E-state index contributed by atoms with van der Waals surface area (Å²) in [6.07, 6.45) is 1.94. The zero-order chi connectivity index (χ0) is 16.7. The number of ether oxygens (including phenoxy) is 1. The fourth-order valence-electron chi connectivity index (χ4n) is 1.80. The van der Waals surface area contributed by atoms with Crippen LogP contribution in [-0.2, 0) is 16.1 Å². The van der Waals surface area contributed by atoms with Crippen molar-refractivity contribution < 1.29 is 18.7 Å². The molecule has 0 saturated carbocycles. The lowest BCUT2D eigenvalue weighted by molar-refractivity contribution is -0.124. The maximum Gasteiger partial charge on any atom is 0.338 e. The molecule has 0 bridgehead atoms. The van der Waals surface area contributed by atoms with Gasteiger partial charge in [0.25, 0.3) is 5.91 Å². The van der Waals surface area contributed by atoms with Crippen molar-refractivity contribution in [2.45, 2.75) is 11.4 Å². The minimum atomic E-state index is -0.547. The monoisotopic (exact) mass is 333 g/mol. The summed E-state index contributed by atoms with van der Waals surface area (Å²) in [5.41, 5.74) is 1.16. The first-order chi connectivity index (χ1) is 11.1. The van der Waals surface area contributed by atoms with Crippen LogP contribution in [0.25, 0.3) is 0 Å². The van der Waals surface area contributed by atoms with Crippen molar-refractivity contribution in [1.29, 1.82) is 0 Å². The molecule has 0 fully saturated rings. The number of hydrogen-bond donors (Lipinski definition) is 1. The van der Waals surface area contributed by atoms with Gasteiger partial charge < -0.3 is 10.1 Å². The van der Waals surface area contributed by atoms with Crippen LogP contribution >= 0.6 is 11.8 Å². The number of nitrogens with one attached hydrogen (secondary N) is 1. The molecule has 0 unspecified atom stereocenters. The van der Waals surface area contributed by atoms with Gasteiger partial charge in [0.2, 0.25) is 0 Å². The number of amides is 1. The summed E-state index contributed by atoms with van der Waals surface area (Å²) in [7, 11) is 0. The minimum Gasteiger partial charge on any atom is -0.452 e. The van der Waals surface area contributed by atoms with E-state index in [0.29, 0.717) is 5.56 Å². The molecule has 0 saturated heterocycles. The fourth-order valence-corrected chi connectivity index (χ4v) is 2.20. The Labute approximate surface area is 138 Å². The van der Waals surface area contributed by atoms with Gasteiger partial charge >= 0.3 is 5.97 Å². The molecule has 2 aromatic carbocycles. The lowest BCUT2D eigenvalue weighted by Gasteiger charge is -2.07. The summed E-state index contributed by atoms with van der Waals surface area (Å²) in [6.45, 7) is -0.108. The number of esters is 1. The van der Waals surface area contributed by atoms with E-state index in [4.69, 9.17) is 4.74 Å². The number of hydrogen-bond acceptors (Lipinski definition) is 4. The van der Waals surface area contributed by atoms with E-state index in [2.05, 4.69) is 5.32 Å². The van der Waals surface area contributed by atoms with Gasteiger partial charge in [0.1, 0.15) is 5.82 Å². The van der Waals surface area contributed by atoms with E-state index in [1.807, 2.05) is 18.4 Å². The predicted octanol–water partition coefficient (Wildman–Crippen LogP) is 3.02. The highest BCUT2D eigenvalue weighted by atomic mass is 32.2. The second-order valence-electron chi connectivity index (χ2n) is 4.71. The molecule has 0 heterocycles. The number of carbonyl (C=O) groups excluding carboxylic acids is 2. The van der Waals surface area contributed by atoms with Gasteiger partial charge in [-0.1, -0.05) is 12.1 Å². The molecular weight excluding hydrogens is 317 g/mol. The summed E-state index contributed by atoms with van der Waals surface area (Å²) in [5.74, 6) is -1.29. The van der Waals surface area contributed by atoms with Crippen LogP contribution in [0, 0.1) is 5.82 Å². The van der Waals surface area contributed by atoms with Crippen molar-refractivity contribution in [1.82, 2.24) is 5.32 Å². The van der Waals surface area contributed by atoms with Crippen LogP contribution in [-0.4, -0.2) is 24.7 Å². The second-order valence-corrected chi connectivity index (χ2v) is 5.59. The third kappa shape index (κ3) is 5.41. The maximum atomic E-state index is 12.8. The standard InChI is InChI=1S/C17H16FNO3S/c1-23-15-8-4-13(5-9-15)17(21)22-11-16(20)19-10-12-2-6-14(18)7-3-12/h2-9H,10-11H2,1H3,(H,19,20). The highest BCUT2D eigenvalue weighted by Gasteiger charge is 2.10. The second kappa shape index (κ2) is 8.33. The summed E-state index contributed by atoms with van der Waals surface area (Å²) in [5, 5.41) is 2.60. The van der Waals surface area contributed by atoms with Crippen LogP contribution < -0.4 is 5.32 Å². The summed E-state index contributed by atoms with van der Waals surface area (Å²) >= 11 is 1.57. The summed E-state index contributed by atoms with van der Waals surface area (Å²) in [4.78, 5) is 24.5. The van der Waals surface area contributed by atoms with Crippen molar-refractivity contribution in [3.63, 3.8) is 0 Å².